The number of halogens is 1. The molecule has 1 fully saturated rings. The van der Waals surface area contributed by atoms with Gasteiger partial charge in [-0.1, -0.05) is 42.5 Å². The lowest BCUT2D eigenvalue weighted by molar-refractivity contribution is 0.0767. The summed E-state index contributed by atoms with van der Waals surface area (Å²) < 4.78 is 5.55. The van der Waals surface area contributed by atoms with Crippen molar-refractivity contribution in [2.24, 2.45) is 0 Å². The van der Waals surface area contributed by atoms with Gasteiger partial charge < -0.3 is 19.4 Å². The number of ether oxygens (including phenoxy) is 1. The third-order valence-corrected chi connectivity index (χ3v) is 7.72. The molecule has 2 aromatic heterocycles. The van der Waals surface area contributed by atoms with Gasteiger partial charge in [0.05, 0.1) is 30.8 Å². The monoisotopic (exact) mass is 553 g/mol. The summed E-state index contributed by atoms with van der Waals surface area (Å²) in [7, 11) is 0. The van der Waals surface area contributed by atoms with Gasteiger partial charge in [-0.05, 0) is 35.5 Å². The summed E-state index contributed by atoms with van der Waals surface area (Å²) in [5.74, 6) is 0.791. The molecular weight excluding hydrogens is 526 g/mol. The molecule has 4 aromatic rings. The van der Waals surface area contributed by atoms with Crippen LogP contribution in [-0.4, -0.2) is 58.2 Å². The molecule has 0 bridgehead atoms. The van der Waals surface area contributed by atoms with Crippen LogP contribution in [0.3, 0.4) is 0 Å². The van der Waals surface area contributed by atoms with E-state index in [1.807, 2.05) is 6.07 Å². The van der Waals surface area contributed by atoms with E-state index in [2.05, 4.69) is 73.3 Å². The number of piperazine rings is 1. The first-order valence-corrected chi connectivity index (χ1v) is 13.7. The van der Waals surface area contributed by atoms with Crippen LogP contribution < -0.4 is 9.80 Å². The van der Waals surface area contributed by atoms with Gasteiger partial charge in [0, 0.05) is 60.8 Å². The van der Waals surface area contributed by atoms with Gasteiger partial charge in [-0.2, -0.15) is 5.26 Å². The Kier molecular flexibility index (Phi) is 7.34. The van der Waals surface area contributed by atoms with E-state index in [1.54, 1.807) is 23.4 Å². The van der Waals surface area contributed by atoms with Gasteiger partial charge in [-0.3, -0.25) is 4.98 Å². The van der Waals surface area contributed by atoms with Crippen molar-refractivity contribution in [3.8, 4) is 6.07 Å². The molecule has 4 heterocycles. The van der Waals surface area contributed by atoms with Crippen molar-refractivity contribution in [3.05, 3.63) is 89.1 Å². The normalized spacial score (nSPS) is 16.9. The Morgan fingerprint density at radius 3 is 2.77 bits per heavy atom. The van der Waals surface area contributed by atoms with Gasteiger partial charge in [0.1, 0.15) is 12.4 Å². The molecule has 0 N–H and O–H groups in total. The van der Waals surface area contributed by atoms with Crippen LogP contribution in [0.15, 0.2) is 67.0 Å². The summed E-state index contributed by atoms with van der Waals surface area (Å²) in [6, 6.07) is 20.3. The zero-order valence-corrected chi connectivity index (χ0v) is 22.7. The predicted octanol–water partition coefficient (Wildman–Crippen LogP) is 4.98. The molecule has 40 heavy (non-hydrogen) atoms. The van der Waals surface area contributed by atoms with Crippen molar-refractivity contribution in [2.75, 3.05) is 36.0 Å². The van der Waals surface area contributed by atoms with E-state index in [-0.39, 0.29) is 24.4 Å². The lowest BCUT2D eigenvalue weighted by Gasteiger charge is -2.41. The van der Waals surface area contributed by atoms with Gasteiger partial charge >= 0.3 is 6.09 Å². The van der Waals surface area contributed by atoms with Crippen LogP contribution in [0, 0.1) is 11.3 Å². The number of amides is 1. The SMILES string of the molecule is N#CCC1CN(c2nc(Cl)nc3c2CCN(c2cccc4ccccc24)C3)CCN1C(=O)OCc1cccnc1. The number of nitriles is 1. The van der Waals surface area contributed by atoms with Crippen LogP contribution in [0.4, 0.5) is 16.3 Å². The highest BCUT2D eigenvalue weighted by Crippen LogP contribution is 2.34. The molecule has 0 radical (unpaired) electrons. The van der Waals surface area contributed by atoms with E-state index in [9.17, 15) is 10.1 Å². The maximum atomic E-state index is 13.0. The van der Waals surface area contributed by atoms with Crippen LogP contribution in [0.25, 0.3) is 10.8 Å². The third-order valence-electron chi connectivity index (χ3n) is 7.55. The summed E-state index contributed by atoms with van der Waals surface area (Å²) in [4.78, 5) is 32.4. The summed E-state index contributed by atoms with van der Waals surface area (Å²) in [5, 5.41) is 12.1. The highest BCUT2D eigenvalue weighted by molar-refractivity contribution is 6.28. The number of nitrogens with zero attached hydrogens (tertiary/aromatic N) is 7. The van der Waals surface area contributed by atoms with Gasteiger partial charge in [0.2, 0.25) is 5.28 Å². The smallest absolute Gasteiger partial charge is 0.410 e. The van der Waals surface area contributed by atoms with Crippen molar-refractivity contribution < 1.29 is 9.53 Å². The van der Waals surface area contributed by atoms with Crippen molar-refractivity contribution in [2.45, 2.75) is 32.0 Å². The Morgan fingerprint density at radius 2 is 1.93 bits per heavy atom. The average molecular weight is 554 g/mol. The fraction of sp³-hybridized carbons (Fsp3) is 0.300. The maximum Gasteiger partial charge on any atom is 0.410 e. The Bertz CT molecular complexity index is 1570. The zero-order valence-electron chi connectivity index (χ0n) is 21.9. The summed E-state index contributed by atoms with van der Waals surface area (Å²) in [6.45, 7) is 3.01. The molecule has 2 aliphatic rings. The summed E-state index contributed by atoms with van der Waals surface area (Å²) >= 11 is 6.46. The van der Waals surface area contributed by atoms with Crippen molar-refractivity contribution in [1.29, 1.82) is 5.26 Å². The Morgan fingerprint density at radius 1 is 1.05 bits per heavy atom. The second-order valence-electron chi connectivity index (χ2n) is 9.98. The molecule has 1 saturated heterocycles. The second-order valence-corrected chi connectivity index (χ2v) is 10.3. The topological polar surface area (TPSA) is 98.5 Å². The van der Waals surface area contributed by atoms with Crippen molar-refractivity contribution in [3.63, 3.8) is 0 Å². The molecule has 1 unspecified atom stereocenters. The predicted molar refractivity (Wildman–Crippen MR) is 153 cm³/mol. The molecule has 9 nitrogen and oxygen atoms in total. The van der Waals surface area contributed by atoms with Crippen LogP contribution in [0.2, 0.25) is 5.28 Å². The maximum absolute atomic E-state index is 13.0. The molecule has 0 spiro atoms. The van der Waals surface area contributed by atoms with E-state index in [1.165, 1.54) is 16.5 Å². The average Bonchev–Trinajstić information content (AvgIpc) is 2.99. The number of anilines is 2. The van der Waals surface area contributed by atoms with Crippen LogP contribution in [0.1, 0.15) is 23.2 Å². The third kappa shape index (κ3) is 5.23. The largest absolute Gasteiger partial charge is 0.444 e. The minimum Gasteiger partial charge on any atom is -0.444 e. The number of pyridine rings is 1. The fourth-order valence-corrected chi connectivity index (χ4v) is 5.79. The van der Waals surface area contributed by atoms with Gasteiger partial charge in [0.25, 0.3) is 0 Å². The summed E-state index contributed by atoms with van der Waals surface area (Å²) in [6.07, 6.45) is 3.86. The number of rotatable bonds is 5. The number of carbonyl (C=O) groups excluding carboxylic acids is 1. The standard InChI is InChI=1S/C30H28ClN7O2/c31-29-34-26-19-36(27-9-3-7-22-6-1-2-8-24(22)27)14-11-25(26)28(35-29)37-15-16-38(23(18-37)10-12-32)30(39)40-20-21-5-4-13-33-17-21/h1-9,13,17,23H,10-11,14-16,18-20H2. The molecule has 0 saturated carbocycles. The number of fused-ring (bicyclic) bond motifs is 2. The highest BCUT2D eigenvalue weighted by Gasteiger charge is 2.34. The van der Waals surface area contributed by atoms with Gasteiger partial charge in [0.15, 0.2) is 0 Å². The number of hydrogen-bond acceptors (Lipinski definition) is 8. The highest BCUT2D eigenvalue weighted by atomic mass is 35.5. The van der Waals surface area contributed by atoms with Crippen molar-refractivity contribution >= 4 is 40.0 Å². The Hall–Kier alpha value is -4.42. The van der Waals surface area contributed by atoms with E-state index in [0.717, 1.165) is 35.6 Å². The Balaban J connectivity index is 1.20. The number of aromatic nitrogens is 3. The molecule has 1 amide bonds. The minimum atomic E-state index is -0.433. The van der Waals surface area contributed by atoms with Crippen LogP contribution >= 0.6 is 11.6 Å². The Labute approximate surface area is 237 Å². The second kappa shape index (κ2) is 11.4. The first-order chi connectivity index (χ1) is 19.6. The first-order valence-electron chi connectivity index (χ1n) is 13.3. The molecule has 2 aliphatic heterocycles. The lowest BCUT2D eigenvalue weighted by atomic mass is 10.0. The quantitative estimate of drug-likeness (QED) is 0.319. The van der Waals surface area contributed by atoms with E-state index in [4.69, 9.17) is 16.3 Å². The van der Waals surface area contributed by atoms with Crippen LogP contribution in [-0.2, 0) is 24.3 Å². The molecule has 1 atom stereocenters. The summed E-state index contributed by atoms with van der Waals surface area (Å²) in [5.41, 5.74) is 3.96. The zero-order chi connectivity index (χ0) is 27.5. The number of hydrogen-bond donors (Lipinski definition) is 0. The van der Waals surface area contributed by atoms with E-state index < -0.39 is 6.09 Å². The molecule has 2 aromatic carbocycles. The van der Waals surface area contributed by atoms with Crippen LogP contribution in [0.5, 0.6) is 0 Å². The fourth-order valence-electron chi connectivity index (χ4n) is 5.61. The molecule has 0 aliphatic carbocycles. The molecular formula is C30H28ClN7O2. The van der Waals surface area contributed by atoms with Gasteiger partial charge in [-0.25, -0.2) is 14.8 Å². The molecule has 10 heteroatoms. The lowest BCUT2D eigenvalue weighted by Crippen LogP contribution is -2.55. The molecule has 6 rings (SSSR count). The first kappa shape index (κ1) is 25.8. The minimum absolute atomic E-state index is 0.133. The van der Waals surface area contributed by atoms with E-state index in [0.29, 0.717) is 26.2 Å². The van der Waals surface area contributed by atoms with Crippen molar-refractivity contribution in [1.82, 2.24) is 19.9 Å². The van der Waals surface area contributed by atoms with E-state index >= 15 is 0 Å². The number of carbonyl (C=O) groups is 1. The molecule has 202 valence electrons. The van der Waals surface area contributed by atoms with Gasteiger partial charge in [-0.15, -0.1) is 0 Å². The number of benzene rings is 2.